The van der Waals surface area contributed by atoms with Gasteiger partial charge in [0.1, 0.15) is 5.82 Å². The number of thiophene rings is 1. The first-order valence-electron chi connectivity index (χ1n) is 9.12. The number of carbonyl (C=O) groups is 1. The molecule has 0 saturated carbocycles. The number of piperidine rings is 1. The lowest BCUT2D eigenvalue weighted by Crippen LogP contribution is -2.40. The minimum absolute atomic E-state index is 0. The molecular formula is C19H27IN6OS. The molecule has 0 atom stereocenters. The third-order valence-corrected chi connectivity index (χ3v) is 5.62. The number of hydrogen-bond donors (Lipinski definition) is 3. The first-order valence-corrected chi connectivity index (χ1v) is 10.0. The lowest BCUT2D eigenvalue weighted by atomic mass is 9.96. The number of aliphatic imine (C=N–C) groups is 1. The van der Waals surface area contributed by atoms with Gasteiger partial charge in [0.15, 0.2) is 5.96 Å². The fourth-order valence-electron chi connectivity index (χ4n) is 3.21. The van der Waals surface area contributed by atoms with E-state index < -0.39 is 0 Å². The Morgan fingerprint density at radius 2 is 2.04 bits per heavy atom. The number of amides is 1. The van der Waals surface area contributed by atoms with E-state index in [-0.39, 0.29) is 35.8 Å². The van der Waals surface area contributed by atoms with Gasteiger partial charge >= 0.3 is 0 Å². The predicted octanol–water partition coefficient (Wildman–Crippen LogP) is 2.33. The summed E-state index contributed by atoms with van der Waals surface area (Å²) in [4.78, 5) is 23.7. The summed E-state index contributed by atoms with van der Waals surface area (Å²) in [6.45, 7) is 2.97. The summed E-state index contributed by atoms with van der Waals surface area (Å²) >= 11 is 1.72. The van der Waals surface area contributed by atoms with E-state index in [4.69, 9.17) is 5.73 Å². The normalized spacial score (nSPS) is 15.0. The maximum absolute atomic E-state index is 11.4. The highest BCUT2D eigenvalue weighted by Gasteiger charge is 2.24. The smallest absolute Gasteiger partial charge is 0.220 e. The van der Waals surface area contributed by atoms with Gasteiger partial charge in [-0.25, -0.2) is 4.98 Å². The van der Waals surface area contributed by atoms with Crippen molar-refractivity contribution in [3.63, 3.8) is 0 Å². The van der Waals surface area contributed by atoms with Gasteiger partial charge in [-0.15, -0.1) is 35.3 Å². The van der Waals surface area contributed by atoms with Gasteiger partial charge in [-0.05, 0) is 30.4 Å². The molecule has 0 unspecified atom stereocenters. The van der Waals surface area contributed by atoms with Crippen molar-refractivity contribution < 1.29 is 4.79 Å². The molecule has 1 aliphatic rings. The van der Waals surface area contributed by atoms with E-state index in [9.17, 15) is 4.79 Å². The van der Waals surface area contributed by atoms with Crippen molar-refractivity contribution in [1.29, 1.82) is 0 Å². The number of rotatable bonds is 6. The highest BCUT2D eigenvalue weighted by molar-refractivity contribution is 14.0. The summed E-state index contributed by atoms with van der Waals surface area (Å²) in [6, 6.07) is 8.15. The van der Waals surface area contributed by atoms with E-state index in [2.05, 4.69) is 43.0 Å². The Morgan fingerprint density at radius 3 is 2.68 bits per heavy atom. The Hall–Kier alpha value is -1.88. The Morgan fingerprint density at radius 1 is 1.29 bits per heavy atom. The van der Waals surface area contributed by atoms with E-state index in [1.165, 1.54) is 4.88 Å². The van der Waals surface area contributed by atoms with Gasteiger partial charge < -0.3 is 21.3 Å². The van der Waals surface area contributed by atoms with Crippen LogP contribution in [0.3, 0.4) is 0 Å². The number of guanidine groups is 1. The van der Waals surface area contributed by atoms with Crippen molar-refractivity contribution in [1.82, 2.24) is 15.6 Å². The number of halogens is 1. The molecule has 1 aliphatic heterocycles. The second-order valence-corrected chi connectivity index (χ2v) is 7.54. The third-order valence-electron chi connectivity index (χ3n) is 4.74. The molecule has 3 rings (SSSR count). The minimum Gasteiger partial charge on any atom is -0.369 e. The van der Waals surface area contributed by atoms with E-state index in [0.29, 0.717) is 6.54 Å². The topological polar surface area (TPSA) is 95.6 Å². The Labute approximate surface area is 186 Å². The number of pyridine rings is 1. The second kappa shape index (κ2) is 11.2. The van der Waals surface area contributed by atoms with Crippen LogP contribution < -0.4 is 21.3 Å². The maximum Gasteiger partial charge on any atom is 0.220 e. The molecule has 1 fully saturated rings. The molecule has 7 nitrogen and oxygen atoms in total. The predicted molar refractivity (Wildman–Crippen MR) is 125 cm³/mol. The highest BCUT2D eigenvalue weighted by Crippen LogP contribution is 2.24. The van der Waals surface area contributed by atoms with Gasteiger partial charge in [0, 0.05) is 49.2 Å². The van der Waals surface area contributed by atoms with E-state index in [1.807, 2.05) is 18.3 Å². The zero-order valence-electron chi connectivity index (χ0n) is 15.9. The molecule has 3 heterocycles. The lowest BCUT2D eigenvalue weighted by molar-refractivity contribution is -0.122. The van der Waals surface area contributed by atoms with Crippen molar-refractivity contribution in [3.8, 4) is 0 Å². The van der Waals surface area contributed by atoms with Gasteiger partial charge in [-0.3, -0.25) is 9.79 Å². The summed E-state index contributed by atoms with van der Waals surface area (Å²) in [5, 5.41) is 8.75. The fraction of sp³-hybridized carbons (Fsp3) is 0.421. The standard InChI is InChI=1S/C19H26N6OS.HI/c1-21-19(24-13-16-5-3-11-27-16)23-12-15-4-2-8-22-18(15)25-9-6-14(7-10-25)17(20)26;/h2-5,8,11,14H,6-7,9-10,12-13H2,1H3,(H2,20,26)(H2,21,23,24);1H. The van der Waals surface area contributed by atoms with Crippen molar-refractivity contribution in [3.05, 3.63) is 46.3 Å². The van der Waals surface area contributed by atoms with Gasteiger partial charge in [0.25, 0.3) is 0 Å². The average molecular weight is 514 g/mol. The number of aromatic nitrogens is 1. The SMILES string of the molecule is CN=C(NCc1cccs1)NCc1cccnc1N1CCC(C(N)=O)CC1.I. The number of nitrogens with zero attached hydrogens (tertiary/aromatic N) is 3. The zero-order valence-corrected chi connectivity index (χ0v) is 19.1. The average Bonchev–Trinajstić information content (AvgIpc) is 3.22. The molecule has 1 saturated heterocycles. The third kappa shape index (κ3) is 6.06. The molecule has 1 amide bonds. The van der Waals surface area contributed by atoms with Crippen LogP contribution >= 0.6 is 35.3 Å². The summed E-state index contributed by atoms with van der Waals surface area (Å²) in [6.07, 6.45) is 3.37. The van der Waals surface area contributed by atoms with Crippen LogP contribution in [0.1, 0.15) is 23.3 Å². The first kappa shape index (κ1) is 22.4. The Kier molecular flexibility index (Phi) is 8.97. The van der Waals surface area contributed by atoms with Crippen molar-refractivity contribution in [2.75, 3.05) is 25.0 Å². The number of hydrogen-bond acceptors (Lipinski definition) is 5. The summed E-state index contributed by atoms with van der Waals surface area (Å²) in [5.41, 5.74) is 6.54. The van der Waals surface area contributed by atoms with Crippen LogP contribution in [0.15, 0.2) is 40.8 Å². The highest BCUT2D eigenvalue weighted by atomic mass is 127. The zero-order chi connectivity index (χ0) is 19.1. The van der Waals surface area contributed by atoms with Gasteiger partial charge in [0.2, 0.25) is 5.91 Å². The van der Waals surface area contributed by atoms with E-state index in [0.717, 1.165) is 49.8 Å². The van der Waals surface area contributed by atoms with Gasteiger partial charge in [-0.2, -0.15) is 0 Å². The first-order chi connectivity index (χ1) is 13.2. The van der Waals surface area contributed by atoms with E-state index >= 15 is 0 Å². The van der Waals surface area contributed by atoms with Gasteiger partial charge in [-0.1, -0.05) is 12.1 Å². The Balaban J connectivity index is 0.00000280. The molecule has 152 valence electrons. The monoisotopic (exact) mass is 514 g/mol. The Bertz CT molecular complexity index is 774. The van der Waals surface area contributed by atoms with Gasteiger partial charge in [0.05, 0.1) is 6.54 Å². The molecule has 2 aromatic rings. The van der Waals surface area contributed by atoms with Crippen molar-refractivity contribution in [2.45, 2.75) is 25.9 Å². The van der Waals surface area contributed by atoms with Crippen LogP contribution in [-0.4, -0.2) is 37.0 Å². The minimum atomic E-state index is -0.196. The number of nitrogens with one attached hydrogen (secondary N) is 2. The largest absolute Gasteiger partial charge is 0.369 e. The number of carbonyl (C=O) groups excluding carboxylic acids is 1. The molecule has 0 bridgehead atoms. The molecule has 0 radical (unpaired) electrons. The molecule has 2 aromatic heterocycles. The molecule has 9 heteroatoms. The van der Waals surface area contributed by atoms with Crippen LogP contribution in [0.2, 0.25) is 0 Å². The number of nitrogens with two attached hydrogens (primary N) is 1. The maximum atomic E-state index is 11.4. The molecule has 28 heavy (non-hydrogen) atoms. The second-order valence-electron chi connectivity index (χ2n) is 6.51. The molecule has 0 aliphatic carbocycles. The molecular weight excluding hydrogens is 487 g/mol. The van der Waals surface area contributed by atoms with Crippen LogP contribution in [0.25, 0.3) is 0 Å². The fourth-order valence-corrected chi connectivity index (χ4v) is 3.86. The molecule has 0 aromatic carbocycles. The number of primary amides is 1. The van der Waals surface area contributed by atoms with Crippen molar-refractivity contribution in [2.24, 2.45) is 16.6 Å². The van der Waals surface area contributed by atoms with E-state index in [1.54, 1.807) is 18.4 Å². The molecule has 0 spiro atoms. The van der Waals surface area contributed by atoms with Crippen molar-refractivity contribution >= 4 is 53.0 Å². The summed E-state index contributed by atoms with van der Waals surface area (Å²) in [7, 11) is 1.77. The lowest BCUT2D eigenvalue weighted by Gasteiger charge is -2.32. The summed E-state index contributed by atoms with van der Waals surface area (Å²) < 4.78 is 0. The number of anilines is 1. The quantitative estimate of drug-likeness (QED) is 0.313. The van der Waals surface area contributed by atoms with Crippen LogP contribution in [0, 0.1) is 5.92 Å². The summed E-state index contributed by atoms with van der Waals surface area (Å²) in [5.74, 6) is 1.50. The molecule has 4 N–H and O–H groups in total. The van der Waals surface area contributed by atoms with Crippen LogP contribution in [0.5, 0.6) is 0 Å². The van der Waals surface area contributed by atoms with Crippen LogP contribution in [0.4, 0.5) is 5.82 Å². The van der Waals surface area contributed by atoms with Crippen LogP contribution in [-0.2, 0) is 17.9 Å².